The minimum absolute atomic E-state index is 0.195. The van der Waals surface area contributed by atoms with E-state index in [1.807, 2.05) is 17.4 Å². The standard InChI is InChI=1S/C26H29N3OS/c30-25-26(29(20-27-25)22-10-2-1-3-11-22)14-17-28(18-15-26)16-6-9-21-8-4-5-12-23(21)24-13-7-19-31-24/h1-5,7-8,10-13,19H,6,9,14-18,20H2,(H,27,30). The molecule has 1 amide bonds. The van der Waals surface area contributed by atoms with Crippen molar-refractivity contribution < 1.29 is 4.79 Å². The molecule has 2 fully saturated rings. The van der Waals surface area contributed by atoms with Crippen molar-refractivity contribution in [3.8, 4) is 10.4 Å². The van der Waals surface area contributed by atoms with Crippen LogP contribution < -0.4 is 10.2 Å². The van der Waals surface area contributed by atoms with Crippen LogP contribution in [0, 0.1) is 0 Å². The second-order valence-electron chi connectivity index (χ2n) is 8.54. The molecule has 4 nitrogen and oxygen atoms in total. The molecule has 3 heterocycles. The zero-order valence-corrected chi connectivity index (χ0v) is 18.6. The van der Waals surface area contributed by atoms with Gasteiger partial charge in [-0.25, -0.2) is 0 Å². The average Bonchev–Trinajstić information content (AvgIpc) is 3.45. The number of thiophene rings is 1. The number of hydrogen-bond acceptors (Lipinski definition) is 4. The first-order valence-electron chi connectivity index (χ1n) is 11.2. The molecule has 2 saturated heterocycles. The van der Waals surface area contributed by atoms with Crippen LogP contribution in [-0.2, 0) is 11.2 Å². The molecule has 0 radical (unpaired) electrons. The molecule has 1 spiro atoms. The summed E-state index contributed by atoms with van der Waals surface area (Å²) in [5.41, 5.74) is 3.56. The Kier molecular flexibility index (Phi) is 5.79. The van der Waals surface area contributed by atoms with Crippen molar-refractivity contribution in [2.45, 2.75) is 31.2 Å². The van der Waals surface area contributed by atoms with Crippen molar-refractivity contribution in [1.82, 2.24) is 10.2 Å². The maximum absolute atomic E-state index is 12.8. The average molecular weight is 432 g/mol. The summed E-state index contributed by atoms with van der Waals surface area (Å²) in [6.07, 6.45) is 4.01. The van der Waals surface area contributed by atoms with E-state index in [1.54, 1.807) is 0 Å². The number of piperidine rings is 1. The molecule has 2 aliphatic heterocycles. The fourth-order valence-corrected chi connectivity index (χ4v) is 5.87. The first-order valence-corrected chi connectivity index (χ1v) is 12.1. The smallest absolute Gasteiger partial charge is 0.247 e. The van der Waals surface area contributed by atoms with Crippen molar-refractivity contribution in [1.29, 1.82) is 0 Å². The zero-order chi connectivity index (χ0) is 21.1. The molecule has 0 bridgehead atoms. The maximum Gasteiger partial charge on any atom is 0.247 e. The van der Waals surface area contributed by atoms with Gasteiger partial charge in [-0.05, 0) is 66.9 Å². The molecular weight excluding hydrogens is 402 g/mol. The summed E-state index contributed by atoms with van der Waals surface area (Å²) in [7, 11) is 0. The molecule has 0 aliphatic carbocycles. The van der Waals surface area contributed by atoms with Crippen LogP contribution in [-0.4, -0.2) is 42.6 Å². The highest BCUT2D eigenvalue weighted by Crippen LogP contribution is 2.36. The summed E-state index contributed by atoms with van der Waals surface area (Å²) < 4.78 is 0. The molecule has 2 aliphatic rings. The van der Waals surface area contributed by atoms with E-state index in [1.165, 1.54) is 16.0 Å². The minimum Gasteiger partial charge on any atom is -0.339 e. The number of benzene rings is 2. The predicted molar refractivity (Wildman–Crippen MR) is 128 cm³/mol. The lowest BCUT2D eigenvalue weighted by molar-refractivity contribution is -0.125. The number of hydrogen-bond donors (Lipinski definition) is 1. The van der Waals surface area contributed by atoms with E-state index in [-0.39, 0.29) is 11.4 Å². The van der Waals surface area contributed by atoms with Gasteiger partial charge in [-0.2, -0.15) is 0 Å². The van der Waals surface area contributed by atoms with E-state index >= 15 is 0 Å². The SMILES string of the molecule is O=C1NCN(c2ccccc2)C12CCN(CCCc1ccccc1-c1cccs1)CC2. The fourth-order valence-electron chi connectivity index (χ4n) is 5.08. The van der Waals surface area contributed by atoms with Gasteiger partial charge in [-0.3, -0.25) is 4.79 Å². The molecule has 5 heteroatoms. The van der Waals surface area contributed by atoms with Crippen LogP contribution in [0.3, 0.4) is 0 Å². The molecule has 0 atom stereocenters. The summed E-state index contributed by atoms with van der Waals surface area (Å²) in [5, 5.41) is 5.24. The number of anilines is 1. The van der Waals surface area contributed by atoms with Crippen LogP contribution in [0.4, 0.5) is 5.69 Å². The second-order valence-corrected chi connectivity index (χ2v) is 9.49. The summed E-state index contributed by atoms with van der Waals surface area (Å²) in [4.78, 5) is 19.0. The lowest BCUT2D eigenvalue weighted by atomic mass is 9.85. The maximum atomic E-state index is 12.8. The predicted octanol–water partition coefficient (Wildman–Crippen LogP) is 4.78. The van der Waals surface area contributed by atoms with Gasteiger partial charge in [0.2, 0.25) is 5.91 Å². The molecule has 0 unspecified atom stereocenters. The summed E-state index contributed by atoms with van der Waals surface area (Å²) in [5.74, 6) is 0.195. The Balaban J connectivity index is 1.19. The Morgan fingerprint density at radius 3 is 2.48 bits per heavy atom. The van der Waals surface area contributed by atoms with Crippen LogP contribution >= 0.6 is 11.3 Å². The Bertz CT molecular complexity index is 1010. The van der Waals surface area contributed by atoms with E-state index in [4.69, 9.17) is 0 Å². The van der Waals surface area contributed by atoms with E-state index in [2.05, 4.69) is 81.2 Å². The molecule has 0 saturated carbocycles. The van der Waals surface area contributed by atoms with Crippen molar-refractivity contribution in [3.05, 3.63) is 77.7 Å². The first kappa shape index (κ1) is 20.3. The highest BCUT2D eigenvalue weighted by molar-refractivity contribution is 7.13. The van der Waals surface area contributed by atoms with Gasteiger partial charge in [0.1, 0.15) is 5.54 Å². The highest BCUT2D eigenvalue weighted by atomic mass is 32.1. The van der Waals surface area contributed by atoms with Crippen molar-refractivity contribution in [3.63, 3.8) is 0 Å². The van der Waals surface area contributed by atoms with Gasteiger partial charge >= 0.3 is 0 Å². The minimum atomic E-state index is -0.385. The Labute approximate surface area is 188 Å². The number of likely N-dealkylation sites (tertiary alicyclic amines) is 1. The Morgan fingerprint density at radius 2 is 1.71 bits per heavy atom. The van der Waals surface area contributed by atoms with Crippen LogP contribution in [0.2, 0.25) is 0 Å². The van der Waals surface area contributed by atoms with E-state index in [0.29, 0.717) is 6.67 Å². The van der Waals surface area contributed by atoms with Crippen LogP contribution in [0.15, 0.2) is 72.1 Å². The topological polar surface area (TPSA) is 35.6 Å². The van der Waals surface area contributed by atoms with E-state index < -0.39 is 0 Å². The van der Waals surface area contributed by atoms with Gasteiger partial charge in [0.15, 0.2) is 0 Å². The van der Waals surface area contributed by atoms with Crippen LogP contribution in [0.5, 0.6) is 0 Å². The number of amides is 1. The zero-order valence-electron chi connectivity index (χ0n) is 17.8. The van der Waals surface area contributed by atoms with Crippen LogP contribution in [0.1, 0.15) is 24.8 Å². The number of carbonyl (C=O) groups excluding carboxylic acids is 1. The number of aryl methyl sites for hydroxylation is 1. The normalized spacial score (nSPS) is 18.5. The quantitative estimate of drug-likeness (QED) is 0.610. The summed E-state index contributed by atoms with van der Waals surface area (Å²) in [6, 6.07) is 23.5. The molecule has 5 rings (SSSR count). The fraction of sp³-hybridized carbons (Fsp3) is 0.346. The lowest BCUT2D eigenvalue weighted by Gasteiger charge is -2.43. The second kappa shape index (κ2) is 8.85. The third kappa shape index (κ3) is 4.00. The molecule has 31 heavy (non-hydrogen) atoms. The van der Waals surface area contributed by atoms with Gasteiger partial charge in [0.25, 0.3) is 0 Å². The third-order valence-electron chi connectivity index (χ3n) is 6.81. The summed E-state index contributed by atoms with van der Waals surface area (Å²) in [6.45, 7) is 3.65. The molecule has 3 aromatic rings. The molecule has 2 aromatic carbocycles. The van der Waals surface area contributed by atoms with E-state index in [9.17, 15) is 4.79 Å². The van der Waals surface area contributed by atoms with E-state index in [0.717, 1.165) is 51.0 Å². The van der Waals surface area contributed by atoms with Gasteiger partial charge in [-0.1, -0.05) is 48.5 Å². The number of carbonyl (C=O) groups is 1. The number of rotatable bonds is 6. The molecular formula is C26H29N3OS. The van der Waals surface area contributed by atoms with Gasteiger partial charge in [0.05, 0.1) is 6.67 Å². The molecule has 160 valence electrons. The number of para-hydroxylation sites is 1. The van der Waals surface area contributed by atoms with Crippen LogP contribution in [0.25, 0.3) is 10.4 Å². The Hall–Kier alpha value is -2.63. The van der Waals surface area contributed by atoms with Crippen molar-refractivity contribution in [2.75, 3.05) is 31.2 Å². The first-order chi connectivity index (χ1) is 15.3. The van der Waals surface area contributed by atoms with Gasteiger partial charge in [0, 0.05) is 23.7 Å². The number of nitrogens with one attached hydrogen (secondary N) is 1. The largest absolute Gasteiger partial charge is 0.339 e. The lowest BCUT2D eigenvalue weighted by Crippen LogP contribution is -2.56. The number of nitrogens with zero attached hydrogens (tertiary/aromatic N) is 2. The van der Waals surface area contributed by atoms with Crippen molar-refractivity contribution >= 4 is 22.9 Å². The molecule has 1 aromatic heterocycles. The van der Waals surface area contributed by atoms with Crippen molar-refractivity contribution in [2.24, 2.45) is 0 Å². The third-order valence-corrected chi connectivity index (χ3v) is 7.72. The van der Waals surface area contributed by atoms with Gasteiger partial charge in [-0.15, -0.1) is 11.3 Å². The summed E-state index contributed by atoms with van der Waals surface area (Å²) >= 11 is 1.81. The molecule has 1 N–H and O–H groups in total. The van der Waals surface area contributed by atoms with Gasteiger partial charge < -0.3 is 15.1 Å². The monoisotopic (exact) mass is 431 g/mol. The highest BCUT2D eigenvalue weighted by Gasteiger charge is 2.50. The Morgan fingerprint density at radius 1 is 0.935 bits per heavy atom.